The molecule has 0 aliphatic heterocycles. The first kappa shape index (κ1) is 12.9. The number of aliphatic hydroxyl groups excluding tert-OH is 1. The SMILES string of the molecule is C=CCOCCC(O)C=C(C)C(=O)O. The van der Waals surface area contributed by atoms with Gasteiger partial charge in [0, 0.05) is 18.6 Å². The summed E-state index contributed by atoms with van der Waals surface area (Å²) in [5.41, 5.74) is 0.140. The summed E-state index contributed by atoms with van der Waals surface area (Å²) in [6.07, 6.45) is 2.54. The fraction of sp³-hybridized carbons (Fsp3) is 0.500. The van der Waals surface area contributed by atoms with Crippen LogP contribution in [0.1, 0.15) is 13.3 Å². The maximum absolute atomic E-state index is 10.4. The number of aliphatic hydroxyl groups is 1. The minimum absolute atomic E-state index is 0.140. The molecule has 0 aromatic rings. The van der Waals surface area contributed by atoms with Crippen LogP contribution in [0.3, 0.4) is 0 Å². The molecule has 0 saturated carbocycles. The van der Waals surface area contributed by atoms with E-state index in [4.69, 9.17) is 9.84 Å². The van der Waals surface area contributed by atoms with Crippen molar-refractivity contribution in [3.63, 3.8) is 0 Å². The molecule has 2 N–H and O–H groups in total. The van der Waals surface area contributed by atoms with Gasteiger partial charge in [-0.25, -0.2) is 4.79 Å². The third kappa shape index (κ3) is 6.39. The van der Waals surface area contributed by atoms with Crippen LogP contribution in [0.2, 0.25) is 0 Å². The minimum atomic E-state index is -1.02. The smallest absolute Gasteiger partial charge is 0.331 e. The monoisotopic (exact) mass is 200 g/mol. The fourth-order valence-corrected chi connectivity index (χ4v) is 0.814. The highest BCUT2D eigenvalue weighted by atomic mass is 16.5. The predicted octanol–water partition coefficient (Wildman–Crippen LogP) is 0.971. The third-order valence-electron chi connectivity index (χ3n) is 1.57. The largest absolute Gasteiger partial charge is 0.478 e. The van der Waals surface area contributed by atoms with Crippen molar-refractivity contribution in [3.05, 3.63) is 24.3 Å². The molecule has 0 bridgehead atoms. The summed E-state index contributed by atoms with van der Waals surface area (Å²) in [4.78, 5) is 10.4. The summed E-state index contributed by atoms with van der Waals surface area (Å²) < 4.78 is 5.04. The van der Waals surface area contributed by atoms with Gasteiger partial charge in [0.15, 0.2) is 0 Å². The molecule has 80 valence electrons. The van der Waals surface area contributed by atoms with Crippen molar-refractivity contribution in [3.8, 4) is 0 Å². The Hall–Kier alpha value is -1.13. The molecule has 14 heavy (non-hydrogen) atoms. The zero-order valence-corrected chi connectivity index (χ0v) is 8.27. The third-order valence-corrected chi connectivity index (χ3v) is 1.57. The van der Waals surface area contributed by atoms with Crippen molar-refractivity contribution in [2.45, 2.75) is 19.4 Å². The topological polar surface area (TPSA) is 66.8 Å². The second-order valence-corrected chi connectivity index (χ2v) is 2.87. The lowest BCUT2D eigenvalue weighted by Crippen LogP contribution is -2.10. The van der Waals surface area contributed by atoms with Gasteiger partial charge < -0.3 is 14.9 Å². The lowest BCUT2D eigenvalue weighted by Gasteiger charge is -2.06. The zero-order chi connectivity index (χ0) is 11.0. The van der Waals surface area contributed by atoms with Crippen LogP contribution in [0.15, 0.2) is 24.3 Å². The quantitative estimate of drug-likeness (QED) is 0.365. The number of carbonyl (C=O) groups is 1. The van der Waals surface area contributed by atoms with E-state index in [1.807, 2.05) is 0 Å². The van der Waals surface area contributed by atoms with Crippen molar-refractivity contribution in [2.24, 2.45) is 0 Å². The minimum Gasteiger partial charge on any atom is -0.478 e. The van der Waals surface area contributed by atoms with Crippen LogP contribution in [0.5, 0.6) is 0 Å². The Bertz CT molecular complexity index is 220. The first-order valence-electron chi connectivity index (χ1n) is 4.36. The van der Waals surface area contributed by atoms with E-state index < -0.39 is 12.1 Å². The first-order chi connectivity index (χ1) is 6.57. The van der Waals surface area contributed by atoms with Gasteiger partial charge in [-0.05, 0) is 13.0 Å². The number of hydrogen-bond donors (Lipinski definition) is 2. The Morgan fingerprint density at radius 3 is 2.79 bits per heavy atom. The van der Waals surface area contributed by atoms with Gasteiger partial charge >= 0.3 is 5.97 Å². The van der Waals surface area contributed by atoms with Crippen molar-refractivity contribution in [1.29, 1.82) is 0 Å². The summed E-state index contributed by atoms with van der Waals surface area (Å²) in [5.74, 6) is -1.02. The first-order valence-corrected chi connectivity index (χ1v) is 4.36. The van der Waals surface area contributed by atoms with Crippen LogP contribution in [0.25, 0.3) is 0 Å². The molecule has 0 rings (SSSR count). The lowest BCUT2D eigenvalue weighted by molar-refractivity contribution is -0.132. The van der Waals surface area contributed by atoms with Crippen LogP contribution >= 0.6 is 0 Å². The molecule has 0 amide bonds. The Morgan fingerprint density at radius 1 is 1.64 bits per heavy atom. The van der Waals surface area contributed by atoms with E-state index in [0.29, 0.717) is 19.6 Å². The van der Waals surface area contributed by atoms with Gasteiger partial charge in [-0.1, -0.05) is 6.08 Å². The fourth-order valence-electron chi connectivity index (χ4n) is 0.814. The number of hydrogen-bond acceptors (Lipinski definition) is 3. The molecule has 4 nitrogen and oxygen atoms in total. The molecule has 0 aliphatic carbocycles. The average Bonchev–Trinajstić information content (AvgIpc) is 2.12. The van der Waals surface area contributed by atoms with E-state index in [1.54, 1.807) is 6.08 Å². The van der Waals surface area contributed by atoms with Crippen LogP contribution in [-0.2, 0) is 9.53 Å². The molecule has 0 aromatic carbocycles. The summed E-state index contributed by atoms with van der Waals surface area (Å²) in [5, 5.41) is 17.8. The average molecular weight is 200 g/mol. The van der Waals surface area contributed by atoms with E-state index in [9.17, 15) is 9.90 Å². The predicted molar refractivity (Wildman–Crippen MR) is 53.0 cm³/mol. The Balaban J connectivity index is 3.74. The van der Waals surface area contributed by atoms with Crippen LogP contribution in [0, 0.1) is 0 Å². The van der Waals surface area contributed by atoms with Crippen molar-refractivity contribution < 1.29 is 19.7 Å². The lowest BCUT2D eigenvalue weighted by atomic mass is 10.2. The number of rotatable bonds is 7. The molecule has 0 saturated heterocycles. The number of ether oxygens (including phenoxy) is 1. The summed E-state index contributed by atoms with van der Waals surface area (Å²) in [6, 6.07) is 0. The van der Waals surface area contributed by atoms with Gasteiger partial charge in [0.1, 0.15) is 0 Å². The van der Waals surface area contributed by atoms with E-state index in [-0.39, 0.29) is 5.57 Å². The highest BCUT2D eigenvalue weighted by Crippen LogP contribution is 2.00. The van der Waals surface area contributed by atoms with Crippen LogP contribution in [-0.4, -0.2) is 35.5 Å². The van der Waals surface area contributed by atoms with Gasteiger partial charge in [-0.15, -0.1) is 6.58 Å². The van der Waals surface area contributed by atoms with Crippen LogP contribution in [0.4, 0.5) is 0 Å². The van der Waals surface area contributed by atoms with Gasteiger partial charge in [0.25, 0.3) is 0 Å². The van der Waals surface area contributed by atoms with Crippen molar-refractivity contribution in [1.82, 2.24) is 0 Å². The molecule has 0 heterocycles. The van der Waals surface area contributed by atoms with E-state index in [0.717, 1.165) is 0 Å². The molecule has 0 spiro atoms. The number of aliphatic carboxylic acids is 1. The van der Waals surface area contributed by atoms with Crippen molar-refractivity contribution in [2.75, 3.05) is 13.2 Å². The van der Waals surface area contributed by atoms with E-state index >= 15 is 0 Å². The van der Waals surface area contributed by atoms with E-state index in [1.165, 1.54) is 13.0 Å². The van der Waals surface area contributed by atoms with Gasteiger partial charge in [-0.2, -0.15) is 0 Å². The Kier molecular flexibility index (Phi) is 6.70. The summed E-state index contributed by atoms with van der Waals surface area (Å²) in [7, 11) is 0. The maximum atomic E-state index is 10.4. The van der Waals surface area contributed by atoms with E-state index in [2.05, 4.69) is 6.58 Å². The molecule has 4 heteroatoms. The summed E-state index contributed by atoms with van der Waals surface area (Å²) in [6.45, 7) is 5.74. The summed E-state index contributed by atoms with van der Waals surface area (Å²) >= 11 is 0. The van der Waals surface area contributed by atoms with Gasteiger partial charge in [0.05, 0.1) is 12.7 Å². The molecule has 0 aliphatic rings. The Labute approximate surface area is 83.5 Å². The number of carboxylic acid groups (broad SMARTS) is 1. The molecule has 0 aromatic heterocycles. The molecular weight excluding hydrogens is 184 g/mol. The van der Waals surface area contributed by atoms with Crippen LogP contribution < -0.4 is 0 Å². The second kappa shape index (κ2) is 7.29. The highest BCUT2D eigenvalue weighted by molar-refractivity contribution is 5.85. The molecule has 0 radical (unpaired) electrons. The van der Waals surface area contributed by atoms with Crippen molar-refractivity contribution >= 4 is 5.97 Å². The van der Waals surface area contributed by atoms with Gasteiger partial charge in [0.2, 0.25) is 0 Å². The molecule has 1 unspecified atom stereocenters. The second-order valence-electron chi connectivity index (χ2n) is 2.87. The normalized spacial score (nSPS) is 13.7. The molecular formula is C10H16O4. The standard InChI is InChI=1S/C10H16O4/c1-3-5-14-6-4-9(11)7-8(2)10(12)13/h3,7,9,11H,1,4-6H2,2H3,(H,12,13). The number of carboxylic acids is 1. The highest BCUT2D eigenvalue weighted by Gasteiger charge is 2.04. The Morgan fingerprint density at radius 2 is 2.29 bits per heavy atom. The molecule has 1 atom stereocenters. The maximum Gasteiger partial charge on any atom is 0.331 e. The molecule has 0 fully saturated rings. The zero-order valence-electron chi connectivity index (χ0n) is 8.27. The van der Waals surface area contributed by atoms with Gasteiger partial charge in [-0.3, -0.25) is 0 Å².